The van der Waals surface area contributed by atoms with Gasteiger partial charge in [0, 0.05) is 6.04 Å². The maximum absolute atomic E-state index is 6.31. The van der Waals surface area contributed by atoms with Crippen LogP contribution < -0.4 is 5.73 Å². The number of nitrogens with two attached hydrogens (primary N) is 1. The number of hydrogen-bond donors (Lipinski definition) is 1. The topological polar surface area (TPSA) is 26.0 Å². The van der Waals surface area contributed by atoms with E-state index in [1.807, 2.05) is 6.07 Å². The van der Waals surface area contributed by atoms with Gasteiger partial charge in [-0.2, -0.15) is 0 Å². The minimum atomic E-state index is 0.127. The first kappa shape index (κ1) is 11.2. The Morgan fingerprint density at radius 1 is 1.19 bits per heavy atom. The van der Waals surface area contributed by atoms with Crippen LogP contribution in [0.1, 0.15) is 24.9 Å². The van der Waals surface area contributed by atoms with E-state index in [0.29, 0.717) is 11.8 Å². The molecule has 1 aromatic rings. The van der Waals surface area contributed by atoms with Gasteiger partial charge in [-0.25, -0.2) is 0 Å². The van der Waals surface area contributed by atoms with E-state index in [0.717, 1.165) is 6.42 Å². The van der Waals surface area contributed by atoms with Crippen molar-refractivity contribution in [2.24, 2.45) is 17.6 Å². The predicted octanol–water partition coefficient (Wildman–Crippen LogP) is 3.45. The molecule has 0 amide bonds. The molecule has 0 aliphatic heterocycles. The molecule has 0 saturated carbocycles. The highest BCUT2D eigenvalue weighted by Crippen LogP contribution is 2.30. The van der Waals surface area contributed by atoms with Crippen molar-refractivity contribution in [3.8, 4) is 0 Å². The van der Waals surface area contributed by atoms with Gasteiger partial charge in [0.05, 0.1) is 0 Å². The lowest BCUT2D eigenvalue weighted by Gasteiger charge is -2.27. The van der Waals surface area contributed by atoms with Crippen molar-refractivity contribution < 1.29 is 0 Å². The molecule has 2 rings (SSSR count). The van der Waals surface area contributed by atoms with Crippen molar-refractivity contribution in [1.82, 2.24) is 0 Å². The van der Waals surface area contributed by atoms with Crippen LogP contribution in [0, 0.1) is 11.8 Å². The van der Waals surface area contributed by atoms with Gasteiger partial charge in [-0.15, -0.1) is 0 Å². The Bertz CT molecular complexity index is 378. The standard InChI is InChI=1S/C15H19N/c1-12(13-8-4-2-5-9-13)15(16)14-10-6-3-7-11-14/h2-8,10-13,15H,9,16H2,1H3/t12-,13?,15-/m1/s1. The first-order valence-electron chi connectivity index (χ1n) is 5.93. The molecule has 0 spiro atoms. The summed E-state index contributed by atoms with van der Waals surface area (Å²) >= 11 is 0. The molecule has 1 aliphatic rings. The van der Waals surface area contributed by atoms with Gasteiger partial charge in [-0.05, 0) is 23.8 Å². The van der Waals surface area contributed by atoms with E-state index >= 15 is 0 Å². The van der Waals surface area contributed by atoms with Crippen LogP contribution in [0.4, 0.5) is 0 Å². The fraction of sp³-hybridized carbons (Fsp3) is 0.333. The van der Waals surface area contributed by atoms with Crippen LogP contribution in [0.15, 0.2) is 54.6 Å². The lowest BCUT2D eigenvalue weighted by Crippen LogP contribution is -2.25. The third-order valence-electron chi connectivity index (χ3n) is 3.44. The summed E-state index contributed by atoms with van der Waals surface area (Å²) in [5, 5.41) is 0. The summed E-state index contributed by atoms with van der Waals surface area (Å²) in [7, 11) is 0. The summed E-state index contributed by atoms with van der Waals surface area (Å²) in [5.41, 5.74) is 7.55. The molecule has 1 heteroatoms. The second-order valence-corrected chi connectivity index (χ2v) is 4.51. The lowest BCUT2D eigenvalue weighted by atomic mass is 9.81. The highest BCUT2D eigenvalue weighted by atomic mass is 14.7. The summed E-state index contributed by atoms with van der Waals surface area (Å²) in [5.74, 6) is 1.05. The number of allylic oxidation sites excluding steroid dienone is 4. The van der Waals surface area contributed by atoms with E-state index in [1.165, 1.54) is 5.56 Å². The third kappa shape index (κ3) is 2.42. The molecular weight excluding hydrogens is 194 g/mol. The Morgan fingerprint density at radius 2 is 1.94 bits per heavy atom. The van der Waals surface area contributed by atoms with Gasteiger partial charge < -0.3 is 5.73 Å². The maximum Gasteiger partial charge on any atom is 0.0326 e. The van der Waals surface area contributed by atoms with E-state index in [1.54, 1.807) is 0 Å². The number of rotatable bonds is 3. The van der Waals surface area contributed by atoms with E-state index in [4.69, 9.17) is 5.73 Å². The average molecular weight is 213 g/mol. The van der Waals surface area contributed by atoms with E-state index < -0.39 is 0 Å². The minimum absolute atomic E-state index is 0.127. The van der Waals surface area contributed by atoms with Crippen LogP contribution in [0.25, 0.3) is 0 Å². The quantitative estimate of drug-likeness (QED) is 0.817. The zero-order valence-electron chi connectivity index (χ0n) is 9.71. The zero-order chi connectivity index (χ0) is 11.4. The SMILES string of the molecule is C[C@H](C1C=CC=CC1)[C@@H](N)c1ccccc1. The van der Waals surface area contributed by atoms with Crippen molar-refractivity contribution in [1.29, 1.82) is 0 Å². The monoisotopic (exact) mass is 213 g/mol. The molecule has 0 saturated heterocycles. The van der Waals surface area contributed by atoms with Crippen LogP contribution in [0.5, 0.6) is 0 Å². The van der Waals surface area contributed by atoms with Gasteiger partial charge in [-0.3, -0.25) is 0 Å². The molecule has 1 aromatic carbocycles. The van der Waals surface area contributed by atoms with Gasteiger partial charge >= 0.3 is 0 Å². The highest BCUT2D eigenvalue weighted by molar-refractivity contribution is 5.21. The largest absolute Gasteiger partial charge is 0.324 e. The average Bonchev–Trinajstić information content (AvgIpc) is 2.39. The van der Waals surface area contributed by atoms with Crippen LogP contribution in [-0.2, 0) is 0 Å². The Morgan fingerprint density at radius 3 is 2.56 bits per heavy atom. The first-order valence-corrected chi connectivity index (χ1v) is 5.93. The fourth-order valence-corrected chi connectivity index (χ4v) is 2.23. The van der Waals surface area contributed by atoms with E-state index in [2.05, 4.69) is 55.5 Å². The van der Waals surface area contributed by atoms with Crippen LogP contribution in [-0.4, -0.2) is 0 Å². The molecule has 0 fully saturated rings. The second kappa shape index (κ2) is 5.13. The maximum atomic E-state index is 6.31. The molecular formula is C15H19N. The van der Waals surface area contributed by atoms with Gasteiger partial charge in [-0.1, -0.05) is 61.6 Å². The Balaban J connectivity index is 2.07. The van der Waals surface area contributed by atoms with Gasteiger partial charge in [0.1, 0.15) is 0 Å². The van der Waals surface area contributed by atoms with E-state index in [9.17, 15) is 0 Å². The lowest BCUT2D eigenvalue weighted by molar-refractivity contribution is 0.361. The molecule has 0 heterocycles. The summed E-state index contributed by atoms with van der Waals surface area (Å²) in [4.78, 5) is 0. The molecule has 16 heavy (non-hydrogen) atoms. The Kier molecular flexibility index (Phi) is 3.58. The molecule has 0 radical (unpaired) electrons. The normalized spacial score (nSPS) is 23.0. The highest BCUT2D eigenvalue weighted by Gasteiger charge is 2.22. The molecule has 1 nitrogen and oxygen atoms in total. The van der Waals surface area contributed by atoms with Crippen molar-refractivity contribution in [2.75, 3.05) is 0 Å². The summed E-state index contributed by atoms with van der Waals surface area (Å²) in [6, 6.07) is 10.5. The number of benzene rings is 1. The minimum Gasteiger partial charge on any atom is -0.324 e. The molecule has 2 N–H and O–H groups in total. The predicted molar refractivity (Wildman–Crippen MR) is 68.9 cm³/mol. The van der Waals surface area contributed by atoms with Crippen molar-refractivity contribution in [2.45, 2.75) is 19.4 Å². The summed E-state index contributed by atoms with van der Waals surface area (Å²) < 4.78 is 0. The summed E-state index contributed by atoms with van der Waals surface area (Å²) in [6.45, 7) is 2.24. The Labute approximate surface area is 97.7 Å². The van der Waals surface area contributed by atoms with Crippen LogP contribution >= 0.6 is 0 Å². The Hall–Kier alpha value is -1.34. The molecule has 0 aromatic heterocycles. The first-order chi connectivity index (χ1) is 7.79. The molecule has 0 bridgehead atoms. The number of hydrogen-bond acceptors (Lipinski definition) is 1. The molecule has 1 unspecified atom stereocenters. The van der Waals surface area contributed by atoms with Crippen molar-refractivity contribution in [3.05, 3.63) is 60.2 Å². The van der Waals surface area contributed by atoms with E-state index in [-0.39, 0.29) is 6.04 Å². The molecule has 1 aliphatic carbocycles. The second-order valence-electron chi connectivity index (χ2n) is 4.51. The van der Waals surface area contributed by atoms with Gasteiger partial charge in [0.2, 0.25) is 0 Å². The molecule has 84 valence electrons. The zero-order valence-corrected chi connectivity index (χ0v) is 9.71. The smallest absolute Gasteiger partial charge is 0.0326 e. The molecule has 3 atom stereocenters. The van der Waals surface area contributed by atoms with Crippen LogP contribution in [0.3, 0.4) is 0 Å². The van der Waals surface area contributed by atoms with Gasteiger partial charge in [0.15, 0.2) is 0 Å². The van der Waals surface area contributed by atoms with Crippen molar-refractivity contribution in [3.63, 3.8) is 0 Å². The summed E-state index contributed by atoms with van der Waals surface area (Å²) in [6.07, 6.45) is 9.84. The fourth-order valence-electron chi connectivity index (χ4n) is 2.23. The van der Waals surface area contributed by atoms with Crippen molar-refractivity contribution >= 4 is 0 Å². The van der Waals surface area contributed by atoms with Gasteiger partial charge in [0.25, 0.3) is 0 Å². The third-order valence-corrected chi connectivity index (χ3v) is 3.44. The van der Waals surface area contributed by atoms with Crippen LogP contribution in [0.2, 0.25) is 0 Å².